The maximum Gasteiger partial charge on any atom is 0.276 e. The first-order valence-corrected chi connectivity index (χ1v) is 7.95. The molecule has 0 saturated carbocycles. The predicted octanol–water partition coefficient (Wildman–Crippen LogP) is 2.04. The summed E-state index contributed by atoms with van der Waals surface area (Å²) < 4.78 is 12.3. The molecule has 1 aromatic heterocycles. The summed E-state index contributed by atoms with van der Waals surface area (Å²) in [5, 5.41) is 3.92. The van der Waals surface area contributed by atoms with Crippen molar-refractivity contribution in [3.05, 3.63) is 58.0 Å². The number of carbonyl (C=O) groups excluding carboxylic acids is 1. The van der Waals surface area contributed by atoms with Gasteiger partial charge in [-0.25, -0.2) is 5.43 Å². The summed E-state index contributed by atoms with van der Waals surface area (Å²) in [7, 11) is 1.55. The number of rotatable bonds is 7. The van der Waals surface area contributed by atoms with Crippen molar-refractivity contribution in [2.45, 2.75) is 20.4 Å². The molecule has 0 radical (unpaired) electrons. The molecule has 1 N–H and O–H groups in total. The maximum atomic E-state index is 12.2. The fourth-order valence-electron chi connectivity index (χ4n) is 2.27. The molecule has 132 valence electrons. The fraction of sp³-hybridized carbons (Fsp3) is 0.278. The average molecular weight is 343 g/mol. The minimum Gasteiger partial charge on any atom is -0.493 e. The van der Waals surface area contributed by atoms with Crippen LogP contribution >= 0.6 is 0 Å². The molecule has 0 fully saturated rings. The normalized spacial score (nSPS) is 10.7. The number of aromatic nitrogens is 1. The number of nitrogens with one attached hydrogen (secondary N) is 1. The topological polar surface area (TPSA) is 81.9 Å². The summed E-state index contributed by atoms with van der Waals surface area (Å²) in [6.45, 7) is 4.65. The van der Waals surface area contributed by atoms with Gasteiger partial charge in [-0.1, -0.05) is 6.07 Å². The van der Waals surface area contributed by atoms with Gasteiger partial charge in [0.2, 0.25) is 0 Å². The van der Waals surface area contributed by atoms with Gasteiger partial charge in [0.15, 0.2) is 11.5 Å². The number of hydrogen-bond donors (Lipinski definition) is 1. The van der Waals surface area contributed by atoms with E-state index in [-0.39, 0.29) is 11.1 Å². The van der Waals surface area contributed by atoms with Gasteiger partial charge in [-0.3, -0.25) is 9.59 Å². The van der Waals surface area contributed by atoms with E-state index in [1.165, 1.54) is 16.8 Å². The highest BCUT2D eigenvalue weighted by Crippen LogP contribution is 2.29. The van der Waals surface area contributed by atoms with Crippen LogP contribution in [-0.2, 0) is 6.54 Å². The smallest absolute Gasteiger partial charge is 0.276 e. The van der Waals surface area contributed by atoms with Gasteiger partial charge in [0.1, 0.15) is 5.56 Å². The Hall–Kier alpha value is -3.09. The second kappa shape index (κ2) is 8.68. The van der Waals surface area contributed by atoms with Crippen molar-refractivity contribution >= 4 is 12.1 Å². The van der Waals surface area contributed by atoms with Gasteiger partial charge in [0.25, 0.3) is 11.5 Å². The van der Waals surface area contributed by atoms with Gasteiger partial charge in [-0.05, 0) is 38.1 Å². The van der Waals surface area contributed by atoms with Crippen LogP contribution in [0.5, 0.6) is 11.5 Å². The summed E-state index contributed by atoms with van der Waals surface area (Å²) >= 11 is 0. The number of carbonyl (C=O) groups is 1. The van der Waals surface area contributed by atoms with E-state index in [0.29, 0.717) is 30.2 Å². The lowest BCUT2D eigenvalue weighted by Crippen LogP contribution is -2.30. The first kappa shape index (κ1) is 18.3. The van der Waals surface area contributed by atoms with E-state index >= 15 is 0 Å². The first-order valence-electron chi connectivity index (χ1n) is 7.95. The van der Waals surface area contributed by atoms with E-state index in [9.17, 15) is 9.59 Å². The number of pyridine rings is 1. The van der Waals surface area contributed by atoms with Crippen molar-refractivity contribution < 1.29 is 14.3 Å². The van der Waals surface area contributed by atoms with Crippen LogP contribution in [0.4, 0.5) is 0 Å². The zero-order valence-electron chi connectivity index (χ0n) is 14.5. The Balaban J connectivity index is 2.19. The third-order valence-corrected chi connectivity index (χ3v) is 3.49. The Morgan fingerprint density at radius 3 is 2.76 bits per heavy atom. The Morgan fingerprint density at radius 1 is 1.28 bits per heavy atom. The molecule has 2 aromatic rings. The molecule has 0 aliphatic heterocycles. The predicted molar refractivity (Wildman–Crippen MR) is 95.6 cm³/mol. The highest BCUT2D eigenvalue weighted by atomic mass is 16.5. The van der Waals surface area contributed by atoms with Crippen LogP contribution < -0.4 is 20.5 Å². The average Bonchev–Trinajstić information content (AvgIpc) is 2.63. The number of aryl methyl sites for hydroxylation is 1. The number of para-hydroxylation sites is 1. The van der Waals surface area contributed by atoms with Gasteiger partial charge in [0.05, 0.1) is 19.9 Å². The fourth-order valence-corrected chi connectivity index (χ4v) is 2.27. The third-order valence-electron chi connectivity index (χ3n) is 3.49. The molecule has 7 heteroatoms. The Bertz CT molecular complexity index is 827. The minimum absolute atomic E-state index is 0.0390. The van der Waals surface area contributed by atoms with Crippen LogP contribution in [0.1, 0.15) is 29.8 Å². The Labute approximate surface area is 145 Å². The summed E-state index contributed by atoms with van der Waals surface area (Å²) in [6, 6.07) is 8.48. The molecule has 0 aliphatic carbocycles. The van der Waals surface area contributed by atoms with Gasteiger partial charge in [-0.2, -0.15) is 5.10 Å². The summed E-state index contributed by atoms with van der Waals surface area (Å²) in [5.41, 5.74) is 2.71. The number of ether oxygens (including phenoxy) is 2. The van der Waals surface area contributed by atoms with E-state index in [0.717, 1.165) is 0 Å². The molecule has 0 unspecified atom stereocenters. The van der Waals surface area contributed by atoms with Crippen molar-refractivity contribution in [2.75, 3.05) is 13.7 Å². The van der Waals surface area contributed by atoms with Crippen molar-refractivity contribution in [2.24, 2.45) is 5.10 Å². The highest BCUT2D eigenvalue weighted by molar-refractivity contribution is 5.94. The van der Waals surface area contributed by atoms with E-state index in [1.54, 1.807) is 37.6 Å². The molecule has 0 atom stereocenters. The molecule has 0 spiro atoms. The molecule has 1 aromatic carbocycles. The quantitative estimate of drug-likeness (QED) is 0.616. The first-order chi connectivity index (χ1) is 12.1. The van der Waals surface area contributed by atoms with Crippen LogP contribution in [0.3, 0.4) is 0 Å². The monoisotopic (exact) mass is 343 g/mol. The van der Waals surface area contributed by atoms with E-state index < -0.39 is 5.91 Å². The molecule has 1 heterocycles. The van der Waals surface area contributed by atoms with Crippen LogP contribution in [-0.4, -0.2) is 30.4 Å². The largest absolute Gasteiger partial charge is 0.493 e. The second-order valence-corrected chi connectivity index (χ2v) is 5.02. The number of hydrazone groups is 1. The molecule has 0 saturated heterocycles. The van der Waals surface area contributed by atoms with Crippen LogP contribution in [0, 0.1) is 0 Å². The maximum absolute atomic E-state index is 12.2. The van der Waals surface area contributed by atoms with Crippen LogP contribution in [0.2, 0.25) is 0 Å². The molecular formula is C18H21N3O4. The molecule has 0 aliphatic rings. The van der Waals surface area contributed by atoms with Crippen LogP contribution in [0.25, 0.3) is 0 Å². The van der Waals surface area contributed by atoms with Crippen molar-refractivity contribution in [1.82, 2.24) is 9.99 Å². The lowest BCUT2D eigenvalue weighted by atomic mass is 10.2. The van der Waals surface area contributed by atoms with Crippen molar-refractivity contribution in [3.63, 3.8) is 0 Å². The van der Waals surface area contributed by atoms with Crippen molar-refractivity contribution in [1.29, 1.82) is 0 Å². The minimum atomic E-state index is -0.565. The summed E-state index contributed by atoms with van der Waals surface area (Å²) in [6.07, 6.45) is 3.08. The molecule has 2 rings (SSSR count). The molecule has 0 bridgehead atoms. The van der Waals surface area contributed by atoms with Gasteiger partial charge >= 0.3 is 0 Å². The number of hydrogen-bond acceptors (Lipinski definition) is 5. The lowest BCUT2D eigenvalue weighted by Gasteiger charge is -2.11. The number of nitrogens with zero attached hydrogens (tertiary/aromatic N) is 2. The Kier molecular flexibility index (Phi) is 6.33. The SMILES string of the molecule is CCOc1c(/C=N\NC(=O)c2cccn(CC)c2=O)cccc1OC. The number of benzene rings is 1. The summed E-state index contributed by atoms with van der Waals surface area (Å²) in [5.74, 6) is 0.550. The van der Waals surface area contributed by atoms with E-state index in [2.05, 4.69) is 10.5 Å². The highest BCUT2D eigenvalue weighted by Gasteiger charge is 2.11. The van der Waals surface area contributed by atoms with Gasteiger partial charge in [-0.15, -0.1) is 0 Å². The Morgan fingerprint density at radius 2 is 2.08 bits per heavy atom. The second-order valence-electron chi connectivity index (χ2n) is 5.02. The van der Waals surface area contributed by atoms with Crippen molar-refractivity contribution in [3.8, 4) is 11.5 Å². The molecule has 1 amide bonds. The number of methoxy groups -OCH3 is 1. The standard InChI is InChI=1S/C18H21N3O4/c1-4-21-11-7-9-14(18(21)23)17(22)20-19-12-13-8-6-10-15(24-3)16(13)25-5-2/h6-12H,4-5H2,1-3H3,(H,20,22)/b19-12-. The lowest BCUT2D eigenvalue weighted by molar-refractivity contribution is 0.0953. The molecule has 25 heavy (non-hydrogen) atoms. The zero-order valence-corrected chi connectivity index (χ0v) is 14.5. The van der Waals surface area contributed by atoms with Gasteiger partial charge in [0, 0.05) is 18.3 Å². The number of amides is 1. The van der Waals surface area contributed by atoms with Gasteiger partial charge < -0.3 is 14.0 Å². The molecular weight excluding hydrogens is 322 g/mol. The summed E-state index contributed by atoms with van der Waals surface area (Å²) in [4.78, 5) is 24.3. The van der Waals surface area contributed by atoms with E-state index in [1.807, 2.05) is 13.8 Å². The third kappa shape index (κ3) is 4.26. The zero-order chi connectivity index (χ0) is 18.2. The molecule has 7 nitrogen and oxygen atoms in total. The van der Waals surface area contributed by atoms with Crippen LogP contribution in [0.15, 0.2) is 46.4 Å². The van der Waals surface area contributed by atoms with E-state index in [4.69, 9.17) is 9.47 Å².